The van der Waals surface area contributed by atoms with Crippen LogP contribution >= 0.6 is 32.4 Å². The number of aromatic amines is 2. The van der Waals surface area contributed by atoms with Crippen LogP contribution in [0.5, 0.6) is 0 Å². The van der Waals surface area contributed by atoms with Gasteiger partial charge in [-0.15, -0.1) is 24.8 Å². The molecule has 12 nitrogen and oxygen atoms in total. The highest BCUT2D eigenvalue weighted by molar-refractivity contribution is 7.53. The van der Waals surface area contributed by atoms with Crippen LogP contribution in [0.4, 0.5) is 5.69 Å². The first-order valence-corrected chi connectivity index (χ1v) is 9.81. The van der Waals surface area contributed by atoms with Gasteiger partial charge in [0.05, 0.1) is 21.6 Å². The number of rotatable bonds is 6. The fourth-order valence-electron chi connectivity index (χ4n) is 2.94. The third-order valence-electron chi connectivity index (χ3n) is 4.34. The van der Waals surface area contributed by atoms with Gasteiger partial charge in [0, 0.05) is 24.2 Å². The number of hydroxylamine groups is 1. The smallest absolute Gasteiger partial charge is 0.323 e. The lowest BCUT2D eigenvalue weighted by atomic mass is 10.1. The number of nitro groups is 1. The van der Waals surface area contributed by atoms with E-state index in [0.29, 0.717) is 25.9 Å². The zero-order chi connectivity index (χ0) is 19.6. The Labute approximate surface area is 175 Å². The van der Waals surface area contributed by atoms with Crippen molar-refractivity contribution < 1.29 is 19.0 Å². The fourth-order valence-corrected chi connectivity index (χ4v) is 4.25. The summed E-state index contributed by atoms with van der Waals surface area (Å²) in [6.07, 6.45) is 0.980. The van der Waals surface area contributed by atoms with Gasteiger partial charge >= 0.3 is 18.7 Å². The summed E-state index contributed by atoms with van der Waals surface area (Å²) in [5.74, 6) is 0. The number of piperidine rings is 1. The minimum Gasteiger partial charge on any atom is -0.323 e. The quantitative estimate of drug-likeness (QED) is 0.177. The Hall–Kier alpha value is -1.79. The van der Waals surface area contributed by atoms with E-state index in [1.807, 2.05) is 0 Å². The number of hydrogen-bond donors (Lipinski definition) is 5. The van der Waals surface area contributed by atoms with Crippen LogP contribution in [0.2, 0.25) is 0 Å². The molecule has 0 bridgehead atoms. The molecule has 1 saturated heterocycles. The van der Waals surface area contributed by atoms with Crippen molar-refractivity contribution >= 4 is 49.1 Å². The number of benzene rings is 1. The molecular formula is C14H20Cl2N5O7P. The van der Waals surface area contributed by atoms with Gasteiger partial charge in [0.25, 0.3) is 5.69 Å². The molecule has 0 saturated carbocycles. The molecule has 1 unspecified atom stereocenters. The van der Waals surface area contributed by atoms with Gasteiger partial charge in [-0.05, 0) is 25.9 Å². The van der Waals surface area contributed by atoms with Crippen molar-refractivity contribution in [2.45, 2.75) is 25.0 Å². The van der Waals surface area contributed by atoms with Crippen molar-refractivity contribution in [1.82, 2.24) is 20.8 Å². The van der Waals surface area contributed by atoms with Crippen LogP contribution in [0.25, 0.3) is 11.0 Å². The second-order valence-electron chi connectivity index (χ2n) is 6.15. The second kappa shape index (κ2) is 10.3. The number of non-ortho nitro benzene ring substituents is 1. The molecule has 2 heterocycles. The molecule has 0 aliphatic carbocycles. The first-order valence-electron chi connectivity index (χ1n) is 8.16. The molecule has 29 heavy (non-hydrogen) atoms. The molecule has 0 amide bonds. The van der Waals surface area contributed by atoms with Crippen LogP contribution in [0.1, 0.15) is 18.4 Å². The third-order valence-corrected chi connectivity index (χ3v) is 6.17. The molecule has 162 valence electrons. The largest absolute Gasteiger partial charge is 0.347 e. The number of nitro benzene ring substituents is 1. The van der Waals surface area contributed by atoms with Crippen molar-refractivity contribution in [2.75, 3.05) is 13.1 Å². The maximum absolute atomic E-state index is 12.3. The third kappa shape index (κ3) is 5.86. The number of fused-ring (bicyclic) bond motifs is 1. The first-order chi connectivity index (χ1) is 12.8. The standard InChI is InChI=1S/C14H18N5O7P.2ClH/c20-13-14(21)18-12-8(5-9(19(22)23)6-11(12)17-13)7-16-26-27(24,25)10-1-3-15-4-2-10;;/h5-6,10,15-16H,1-4,7H2,(H,17,20)(H,18,21)(H,24,25);2*1H. The zero-order valence-corrected chi connectivity index (χ0v) is 17.4. The van der Waals surface area contributed by atoms with Gasteiger partial charge in [0.2, 0.25) is 0 Å². The summed E-state index contributed by atoms with van der Waals surface area (Å²) in [5, 5.41) is 14.2. The summed E-state index contributed by atoms with van der Waals surface area (Å²) in [5.41, 5.74) is 0.132. The van der Waals surface area contributed by atoms with Crippen LogP contribution in [0, 0.1) is 10.1 Å². The molecule has 2 aromatic rings. The lowest BCUT2D eigenvalue weighted by Crippen LogP contribution is -2.32. The number of nitrogens with zero attached hydrogens (tertiary/aromatic N) is 1. The van der Waals surface area contributed by atoms with Crippen molar-refractivity contribution in [3.8, 4) is 0 Å². The summed E-state index contributed by atoms with van der Waals surface area (Å²) in [6.45, 7) is 1.03. The predicted octanol–water partition coefficient (Wildman–Crippen LogP) is 0.927. The SMILES string of the molecule is Cl.Cl.O=c1[nH]c2cc([N+](=O)[O-])cc(CNOP(=O)(O)C3CCNCC3)c2[nH]c1=O. The molecule has 1 atom stereocenters. The number of hydrogen-bond acceptors (Lipinski definition) is 8. The van der Waals surface area contributed by atoms with Gasteiger partial charge in [0.15, 0.2) is 0 Å². The molecule has 1 fully saturated rings. The predicted molar refractivity (Wildman–Crippen MR) is 110 cm³/mol. The highest BCUT2D eigenvalue weighted by Crippen LogP contribution is 2.49. The number of aromatic nitrogens is 2. The monoisotopic (exact) mass is 471 g/mol. The minimum absolute atomic E-state index is 0. The highest BCUT2D eigenvalue weighted by atomic mass is 35.5. The van der Waals surface area contributed by atoms with Gasteiger partial charge in [-0.25, -0.2) is 4.62 Å². The van der Waals surface area contributed by atoms with Gasteiger partial charge < -0.3 is 20.2 Å². The molecule has 0 spiro atoms. The van der Waals surface area contributed by atoms with E-state index in [0.717, 1.165) is 6.07 Å². The molecule has 1 aromatic heterocycles. The average molecular weight is 472 g/mol. The molecule has 5 N–H and O–H groups in total. The molecule has 1 aromatic carbocycles. The van der Waals surface area contributed by atoms with Crippen LogP contribution in [0.15, 0.2) is 21.7 Å². The fraction of sp³-hybridized carbons (Fsp3) is 0.429. The van der Waals surface area contributed by atoms with E-state index in [2.05, 4.69) is 20.8 Å². The molecular weight excluding hydrogens is 452 g/mol. The Kier molecular flexibility index (Phi) is 8.97. The lowest BCUT2D eigenvalue weighted by Gasteiger charge is -2.26. The highest BCUT2D eigenvalue weighted by Gasteiger charge is 2.33. The Bertz CT molecular complexity index is 1040. The van der Waals surface area contributed by atoms with Crippen molar-refractivity contribution in [2.24, 2.45) is 0 Å². The Balaban J connectivity index is 0.00000210. The molecule has 0 radical (unpaired) electrons. The number of H-pyrrole nitrogens is 2. The van der Waals surface area contributed by atoms with Crippen molar-refractivity contribution in [3.63, 3.8) is 0 Å². The molecule has 15 heteroatoms. The summed E-state index contributed by atoms with van der Waals surface area (Å²) in [4.78, 5) is 48.2. The van der Waals surface area contributed by atoms with Crippen LogP contribution in [-0.2, 0) is 15.7 Å². The summed E-state index contributed by atoms with van der Waals surface area (Å²) >= 11 is 0. The Morgan fingerprint density at radius 2 is 1.83 bits per heavy atom. The van der Waals surface area contributed by atoms with Gasteiger partial charge in [-0.3, -0.25) is 24.3 Å². The van der Waals surface area contributed by atoms with Gasteiger partial charge in [-0.1, -0.05) is 0 Å². The van der Waals surface area contributed by atoms with Crippen LogP contribution in [-0.4, -0.2) is 38.5 Å². The van der Waals surface area contributed by atoms with E-state index >= 15 is 0 Å². The maximum atomic E-state index is 12.3. The van der Waals surface area contributed by atoms with E-state index in [-0.39, 0.29) is 53.6 Å². The number of halogens is 2. The second-order valence-corrected chi connectivity index (χ2v) is 8.19. The summed E-state index contributed by atoms with van der Waals surface area (Å²) in [7, 11) is -3.93. The van der Waals surface area contributed by atoms with E-state index in [9.17, 15) is 29.2 Å². The summed E-state index contributed by atoms with van der Waals surface area (Å²) in [6, 6.07) is 2.29. The van der Waals surface area contributed by atoms with Crippen molar-refractivity contribution in [1.29, 1.82) is 0 Å². The van der Waals surface area contributed by atoms with Crippen LogP contribution < -0.4 is 21.9 Å². The molecule has 1 aliphatic heterocycles. The average Bonchev–Trinajstić information content (AvgIpc) is 2.63. The molecule has 3 rings (SSSR count). The van der Waals surface area contributed by atoms with E-state index in [4.69, 9.17) is 4.62 Å². The Morgan fingerprint density at radius 3 is 2.45 bits per heavy atom. The first kappa shape index (κ1) is 25.2. The Morgan fingerprint density at radius 1 is 1.21 bits per heavy atom. The number of nitrogens with one attached hydrogen (secondary N) is 4. The van der Waals surface area contributed by atoms with E-state index in [1.54, 1.807) is 0 Å². The van der Waals surface area contributed by atoms with Gasteiger partial charge in [-0.2, -0.15) is 5.48 Å². The van der Waals surface area contributed by atoms with Gasteiger partial charge in [0.1, 0.15) is 0 Å². The van der Waals surface area contributed by atoms with Crippen LogP contribution in [0.3, 0.4) is 0 Å². The summed E-state index contributed by atoms with van der Waals surface area (Å²) < 4.78 is 17.3. The van der Waals surface area contributed by atoms with E-state index < -0.39 is 29.3 Å². The topological polar surface area (TPSA) is 179 Å². The lowest BCUT2D eigenvalue weighted by molar-refractivity contribution is -0.384. The molecule has 1 aliphatic rings. The maximum Gasteiger partial charge on any atom is 0.347 e. The van der Waals surface area contributed by atoms with Crippen molar-refractivity contribution in [3.05, 3.63) is 48.5 Å². The minimum atomic E-state index is -3.93. The normalized spacial score (nSPS) is 16.4. The zero-order valence-electron chi connectivity index (χ0n) is 14.9. The van der Waals surface area contributed by atoms with E-state index in [1.165, 1.54) is 6.07 Å².